The summed E-state index contributed by atoms with van der Waals surface area (Å²) in [6.07, 6.45) is 3.87. The molecule has 0 atom stereocenters. The van der Waals surface area contributed by atoms with Gasteiger partial charge in [0.05, 0.1) is 24.5 Å². The van der Waals surface area contributed by atoms with E-state index in [1.54, 1.807) is 17.8 Å². The predicted octanol–water partition coefficient (Wildman–Crippen LogP) is 2.54. The molecule has 21 heavy (non-hydrogen) atoms. The number of nitrogens with zero attached hydrogens (tertiary/aromatic N) is 4. The molecule has 1 aliphatic carbocycles. The molecule has 0 unspecified atom stereocenters. The summed E-state index contributed by atoms with van der Waals surface area (Å²) in [4.78, 5) is 16.3. The zero-order chi connectivity index (χ0) is 14.8. The quantitative estimate of drug-likeness (QED) is 0.775. The second kappa shape index (κ2) is 5.93. The number of rotatable bonds is 5. The Morgan fingerprint density at radius 2 is 2.29 bits per heavy atom. The third kappa shape index (κ3) is 3.12. The van der Waals surface area contributed by atoms with Crippen molar-refractivity contribution >= 4 is 21.9 Å². The lowest BCUT2D eigenvalue weighted by Crippen LogP contribution is -2.11. The highest BCUT2D eigenvalue weighted by molar-refractivity contribution is 9.10. The molecule has 1 saturated carbocycles. The zero-order valence-electron chi connectivity index (χ0n) is 11.6. The summed E-state index contributed by atoms with van der Waals surface area (Å²) in [7, 11) is 0. The number of halogens is 1. The van der Waals surface area contributed by atoms with E-state index in [4.69, 9.17) is 4.74 Å². The van der Waals surface area contributed by atoms with Crippen LogP contribution in [0.2, 0.25) is 0 Å². The maximum Gasteiger partial charge on any atom is 0.360 e. The van der Waals surface area contributed by atoms with Gasteiger partial charge in [0.1, 0.15) is 0 Å². The van der Waals surface area contributed by atoms with Crippen LogP contribution < -0.4 is 0 Å². The average Bonchev–Trinajstić information content (AvgIpc) is 3.22. The number of esters is 1. The summed E-state index contributed by atoms with van der Waals surface area (Å²) in [6.45, 7) is 2.63. The molecule has 1 fully saturated rings. The Hall–Kier alpha value is -1.76. The molecule has 110 valence electrons. The minimum Gasteiger partial charge on any atom is -0.461 e. The van der Waals surface area contributed by atoms with E-state index in [9.17, 15) is 4.79 Å². The average molecular weight is 351 g/mol. The first-order valence-electron chi connectivity index (χ1n) is 6.90. The molecule has 0 amide bonds. The lowest BCUT2D eigenvalue weighted by Gasteiger charge is -2.06. The molecule has 2 aromatic rings. The highest BCUT2D eigenvalue weighted by Gasteiger charge is 2.34. The van der Waals surface area contributed by atoms with Crippen LogP contribution in [-0.4, -0.2) is 32.6 Å². The number of carbonyl (C=O) groups excluding carboxylic acids is 1. The Morgan fingerprint density at radius 1 is 1.48 bits per heavy atom. The fourth-order valence-electron chi connectivity index (χ4n) is 2.20. The maximum atomic E-state index is 11.9. The normalized spacial score (nSPS) is 14.2. The molecular weight excluding hydrogens is 336 g/mol. The van der Waals surface area contributed by atoms with Crippen LogP contribution in [0.15, 0.2) is 22.8 Å². The molecule has 0 aromatic carbocycles. The lowest BCUT2D eigenvalue weighted by molar-refractivity contribution is 0.0518. The van der Waals surface area contributed by atoms with Crippen molar-refractivity contribution < 1.29 is 9.53 Å². The SMILES string of the molecule is CCOC(=O)c1nnn(Cc2ccc(Br)cn2)c1C1CC1. The second-order valence-corrected chi connectivity index (χ2v) is 5.86. The van der Waals surface area contributed by atoms with Gasteiger partial charge in [0.2, 0.25) is 0 Å². The van der Waals surface area contributed by atoms with Crippen molar-refractivity contribution in [1.82, 2.24) is 20.0 Å². The van der Waals surface area contributed by atoms with Crippen molar-refractivity contribution in [2.75, 3.05) is 6.61 Å². The lowest BCUT2D eigenvalue weighted by atomic mass is 10.2. The van der Waals surface area contributed by atoms with Crippen LogP contribution in [0.3, 0.4) is 0 Å². The van der Waals surface area contributed by atoms with E-state index in [1.165, 1.54) is 0 Å². The first-order valence-corrected chi connectivity index (χ1v) is 7.69. The molecular formula is C14H15BrN4O2. The summed E-state index contributed by atoms with van der Waals surface area (Å²) in [5, 5.41) is 8.12. The van der Waals surface area contributed by atoms with Crippen molar-refractivity contribution in [2.45, 2.75) is 32.2 Å². The summed E-state index contributed by atoms with van der Waals surface area (Å²) in [5.41, 5.74) is 2.09. The van der Waals surface area contributed by atoms with Crippen molar-refractivity contribution in [1.29, 1.82) is 0 Å². The van der Waals surface area contributed by atoms with E-state index in [-0.39, 0.29) is 0 Å². The van der Waals surface area contributed by atoms with E-state index in [0.29, 0.717) is 24.8 Å². The number of hydrogen-bond acceptors (Lipinski definition) is 5. The fourth-order valence-corrected chi connectivity index (χ4v) is 2.43. The standard InChI is InChI=1S/C14H15BrN4O2/c1-2-21-14(20)12-13(9-3-4-9)19(18-17-12)8-11-6-5-10(15)7-16-11/h5-7,9H,2-4,8H2,1H3. The monoisotopic (exact) mass is 350 g/mol. The molecule has 0 spiro atoms. The molecule has 0 bridgehead atoms. The van der Waals surface area contributed by atoms with Crippen LogP contribution in [0.1, 0.15) is 47.6 Å². The Kier molecular flexibility index (Phi) is 4.01. The zero-order valence-corrected chi connectivity index (χ0v) is 13.2. The van der Waals surface area contributed by atoms with E-state index in [1.807, 2.05) is 12.1 Å². The van der Waals surface area contributed by atoms with E-state index in [0.717, 1.165) is 28.7 Å². The third-order valence-electron chi connectivity index (χ3n) is 3.31. The van der Waals surface area contributed by atoms with E-state index >= 15 is 0 Å². The summed E-state index contributed by atoms with van der Waals surface area (Å²) >= 11 is 3.36. The Bertz CT molecular complexity index is 649. The van der Waals surface area contributed by atoms with Crippen LogP contribution in [0.4, 0.5) is 0 Å². The molecule has 2 heterocycles. The molecule has 2 aromatic heterocycles. The Labute approximate surface area is 130 Å². The van der Waals surface area contributed by atoms with E-state index in [2.05, 4.69) is 31.2 Å². The topological polar surface area (TPSA) is 69.9 Å². The van der Waals surface area contributed by atoms with Crippen LogP contribution in [-0.2, 0) is 11.3 Å². The van der Waals surface area contributed by atoms with Gasteiger partial charge in [0, 0.05) is 16.6 Å². The molecule has 7 heteroatoms. The van der Waals surface area contributed by atoms with Crippen molar-refractivity contribution in [3.8, 4) is 0 Å². The maximum absolute atomic E-state index is 11.9. The number of pyridine rings is 1. The second-order valence-electron chi connectivity index (χ2n) is 4.94. The molecule has 0 N–H and O–H groups in total. The van der Waals surface area contributed by atoms with Crippen molar-refractivity contribution in [2.24, 2.45) is 0 Å². The van der Waals surface area contributed by atoms with Gasteiger partial charge in [-0.3, -0.25) is 4.98 Å². The molecule has 1 aliphatic rings. The first kappa shape index (κ1) is 14.2. The van der Waals surface area contributed by atoms with Crippen LogP contribution in [0, 0.1) is 0 Å². The van der Waals surface area contributed by atoms with E-state index < -0.39 is 5.97 Å². The summed E-state index contributed by atoms with van der Waals surface area (Å²) in [6, 6.07) is 3.86. The van der Waals surface area contributed by atoms with Crippen molar-refractivity contribution in [3.63, 3.8) is 0 Å². The van der Waals surface area contributed by atoms with Crippen molar-refractivity contribution in [3.05, 3.63) is 39.9 Å². The number of aromatic nitrogens is 4. The van der Waals surface area contributed by atoms with Gasteiger partial charge in [0.25, 0.3) is 0 Å². The van der Waals surface area contributed by atoms with Gasteiger partial charge in [-0.1, -0.05) is 5.21 Å². The molecule has 6 nitrogen and oxygen atoms in total. The van der Waals surface area contributed by atoms with Gasteiger partial charge in [-0.2, -0.15) is 0 Å². The van der Waals surface area contributed by atoms with Gasteiger partial charge < -0.3 is 4.74 Å². The number of hydrogen-bond donors (Lipinski definition) is 0. The first-order chi connectivity index (χ1) is 10.2. The summed E-state index contributed by atoms with van der Waals surface area (Å²) in [5.74, 6) is -0.0377. The molecule has 0 aliphatic heterocycles. The van der Waals surface area contributed by atoms with Gasteiger partial charge >= 0.3 is 5.97 Å². The molecule has 0 saturated heterocycles. The Morgan fingerprint density at radius 3 is 2.90 bits per heavy atom. The minimum atomic E-state index is -0.394. The number of carbonyl (C=O) groups is 1. The number of ether oxygens (including phenoxy) is 1. The predicted molar refractivity (Wildman–Crippen MR) is 79.0 cm³/mol. The molecule has 3 rings (SSSR count). The van der Waals surface area contributed by atoms with Gasteiger partial charge in [-0.15, -0.1) is 5.10 Å². The molecule has 0 radical (unpaired) electrons. The van der Waals surface area contributed by atoms with Gasteiger partial charge in [-0.25, -0.2) is 9.48 Å². The third-order valence-corrected chi connectivity index (χ3v) is 3.78. The fraction of sp³-hybridized carbons (Fsp3) is 0.429. The Balaban J connectivity index is 1.88. The highest BCUT2D eigenvalue weighted by Crippen LogP contribution is 2.41. The minimum absolute atomic E-state index is 0.337. The van der Waals surface area contributed by atoms with Crippen LogP contribution in [0.5, 0.6) is 0 Å². The largest absolute Gasteiger partial charge is 0.461 e. The van der Waals surface area contributed by atoms with Crippen LogP contribution >= 0.6 is 15.9 Å². The van der Waals surface area contributed by atoms with Gasteiger partial charge in [0.15, 0.2) is 5.69 Å². The van der Waals surface area contributed by atoms with Gasteiger partial charge in [-0.05, 0) is 47.8 Å². The van der Waals surface area contributed by atoms with Crippen LogP contribution in [0.25, 0.3) is 0 Å². The smallest absolute Gasteiger partial charge is 0.360 e. The highest BCUT2D eigenvalue weighted by atomic mass is 79.9. The summed E-state index contributed by atoms with van der Waals surface area (Å²) < 4.78 is 7.74.